The van der Waals surface area contributed by atoms with Crippen LogP contribution < -0.4 is 5.32 Å². The first-order valence-corrected chi connectivity index (χ1v) is 7.91. The van der Waals surface area contributed by atoms with Crippen LogP contribution in [0.4, 0.5) is 0 Å². The lowest BCUT2D eigenvalue weighted by atomic mass is 9.84. The van der Waals surface area contributed by atoms with Crippen molar-refractivity contribution in [2.45, 2.75) is 58.5 Å². The highest BCUT2D eigenvalue weighted by Gasteiger charge is 2.30. The number of benzene rings is 1. The molecule has 2 nitrogen and oxygen atoms in total. The van der Waals surface area contributed by atoms with E-state index in [1.807, 2.05) is 0 Å². The number of nitrogens with one attached hydrogen (secondary N) is 1. The van der Waals surface area contributed by atoms with E-state index in [1.54, 1.807) is 0 Å². The lowest BCUT2D eigenvalue weighted by Crippen LogP contribution is -2.38. The maximum atomic E-state index is 9.51. The van der Waals surface area contributed by atoms with Gasteiger partial charge in [0, 0.05) is 18.7 Å². The molecule has 1 aliphatic carbocycles. The molecule has 112 valence electrons. The summed E-state index contributed by atoms with van der Waals surface area (Å²) in [6.07, 6.45) is 4.70. The van der Waals surface area contributed by atoms with E-state index in [4.69, 9.17) is 0 Å². The minimum atomic E-state index is 0.292. The van der Waals surface area contributed by atoms with Gasteiger partial charge in [-0.05, 0) is 36.2 Å². The van der Waals surface area contributed by atoms with E-state index in [2.05, 4.69) is 56.4 Å². The van der Waals surface area contributed by atoms with Crippen molar-refractivity contribution in [3.05, 3.63) is 35.9 Å². The van der Waals surface area contributed by atoms with Crippen molar-refractivity contribution in [3.8, 4) is 0 Å². The van der Waals surface area contributed by atoms with Gasteiger partial charge in [-0.2, -0.15) is 0 Å². The molecule has 2 rings (SSSR count). The van der Waals surface area contributed by atoms with Gasteiger partial charge < -0.3 is 10.4 Å². The normalized spacial score (nSPS) is 24.8. The first-order valence-electron chi connectivity index (χ1n) is 7.91. The Bertz CT molecular complexity index is 396. The average Bonchev–Trinajstić information content (AvgIpc) is 2.85. The third kappa shape index (κ3) is 4.32. The molecule has 0 aromatic heterocycles. The molecule has 0 heterocycles. The van der Waals surface area contributed by atoms with Gasteiger partial charge in [0.1, 0.15) is 0 Å². The predicted octanol–water partition coefficient (Wildman–Crippen LogP) is 3.91. The predicted molar refractivity (Wildman–Crippen MR) is 84.6 cm³/mol. The molecule has 0 spiro atoms. The topological polar surface area (TPSA) is 32.3 Å². The Kier molecular flexibility index (Phi) is 5.22. The van der Waals surface area contributed by atoms with Gasteiger partial charge >= 0.3 is 0 Å². The molecule has 0 bridgehead atoms. The second kappa shape index (κ2) is 6.73. The maximum Gasteiger partial charge on any atom is 0.0474 e. The molecule has 1 aromatic rings. The van der Waals surface area contributed by atoms with Crippen LogP contribution in [0.15, 0.2) is 30.3 Å². The van der Waals surface area contributed by atoms with Crippen LogP contribution in [0.5, 0.6) is 0 Å². The van der Waals surface area contributed by atoms with Crippen molar-refractivity contribution in [2.75, 3.05) is 6.61 Å². The van der Waals surface area contributed by atoms with Crippen molar-refractivity contribution >= 4 is 0 Å². The van der Waals surface area contributed by atoms with Crippen LogP contribution in [0.1, 0.15) is 58.1 Å². The van der Waals surface area contributed by atoms with Gasteiger partial charge in [0.25, 0.3) is 0 Å². The molecule has 20 heavy (non-hydrogen) atoms. The summed E-state index contributed by atoms with van der Waals surface area (Å²) in [5, 5.41) is 13.3. The zero-order valence-electron chi connectivity index (χ0n) is 13.1. The van der Waals surface area contributed by atoms with Gasteiger partial charge in [-0.15, -0.1) is 0 Å². The molecular formula is C18H29NO. The van der Waals surface area contributed by atoms with E-state index in [-0.39, 0.29) is 0 Å². The standard InChI is InChI=1S/C18H29NO/c1-18(2,3)12-17(14-8-5-4-6-9-14)19-16-11-7-10-15(16)13-20/h4-6,8-9,15-17,19-20H,7,10-13H2,1-3H3. The molecule has 0 radical (unpaired) electrons. The SMILES string of the molecule is CC(C)(C)CC(NC1CCCC1CO)c1ccccc1. The first-order chi connectivity index (χ1) is 9.49. The number of aliphatic hydroxyl groups is 1. The minimum Gasteiger partial charge on any atom is -0.396 e. The number of hydrogen-bond donors (Lipinski definition) is 2. The number of hydrogen-bond acceptors (Lipinski definition) is 2. The molecule has 0 saturated heterocycles. The summed E-state index contributed by atoms with van der Waals surface area (Å²) in [5.74, 6) is 0.432. The zero-order valence-corrected chi connectivity index (χ0v) is 13.1. The van der Waals surface area contributed by atoms with E-state index in [0.29, 0.717) is 30.0 Å². The summed E-state index contributed by atoms with van der Waals surface area (Å²) in [7, 11) is 0. The van der Waals surface area contributed by atoms with Gasteiger partial charge in [-0.3, -0.25) is 0 Å². The largest absolute Gasteiger partial charge is 0.396 e. The van der Waals surface area contributed by atoms with Crippen molar-refractivity contribution in [1.29, 1.82) is 0 Å². The quantitative estimate of drug-likeness (QED) is 0.854. The van der Waals surface area contributed by atoms with Crippen LogP contribution in [0.3, 0.4) is 0 Å². The second-order valence-corrected chi connectivity index (χ2v) is 7.37. The highest BCUT2D eigenvalue weighted by molar-refractivity contribution is 5.19. The van der Waals surface area contributed by atoms with E-state index < -0.39 is 0 Å². The molecule has 1 fully saturated rings. The molecule has 0 amide bonds. The van der Waals surface area contributed by atoms with Crippen molar-refractivity contribution in [2.24, 2.45) is 11.3 Å². The number of rotatable bonds is 5. The maximum absolute atomic E-state index is 9.51. The minimum absolute atomic E-state index is 0.292. The van der Waals surface area contributed by atoms with Crippen LogP contribution in [0, 0.1) is 11.3 Å². The third-order valence-corrected chi connectivity index (χ3v) is 4.33. The van der Waals surface area contributed by atoms with E-state index in [1.165, 1.54) is 18.4 Å². The van der Waals surface area contributed by atoms with Gasteiger partial charge in [0.15, 0.2) is 0 Å². The van der Waals surface area contributed by atoms with Crippen LogP contribution >= 0.6 is 0 Å². The molecule has 3 atom stereocenters. The Morgan fingerprint density at radius 1 is 1.20 bits per heavy atom. The van der Waals surface area contributed by atoms with Crippen molar-refractivity contribution in [3.63, 3.8) is 0 Å². The summed E-state index contributed by atoms with van der Waals surface area (Å²) < 4.78 is 0. The summed E-state index contributed by atoms with van der Waals surface area (Å²) in [6, 6.07) is 11.6. The van der Waals surface area contributed by atoms with Crippen LogP contribution in [-0.4, -0.2) is 17.8 Å². The van der Waals surface area contributed by atoms with E-state index >= 15 is 0 Å². The molecule has 3 unspecified atom stereocenters. The molecule has 2 heteroatoms. The fraction of sp³-hybridized carbons (Fsp3) is 0.667. The van der Waals surface area contributed by atoms with E-state index in [9.17, 15) is 5.11 Å². The van der Waals surface area contributed by atoms with Crippen molar-refractivity contribution in [1.82, 2.24) is 5.32 Å². The highest BCUT2D eigenvalue weighted by Crippen LogP contribution is 2.33. The molecule has 1 saturated carbocycles. The van der Waals surface area contributed by atoms with Gasteiger partial charge in [0.05, 0.1) is 0 Å². The first kappa shape index (κ1) is 15.5. The summed E-state index contributed by atoms with van der Waals surface area (Å²) in [4.78, 5) is 0. The Morgan fingerprint density at radius 3 is 2.50 bits per heavy atom. The summed E-state index contributed by atoms with van der Waals surface area (Å²) >= 11 is 0. The molecule has 1 aromatic carbocycles. The second-order valence-electron chi connectivity index (χ2n) is 7.37. The Labute approximate surface area is 123 Å². The molecular weight excluding hydrogens is 246 g/mol. The number of aliphatic hydroxyl groups excluding tert-OH is 1. The average molecular weight is 275 g/mol. The molecule has 1 aliphatic rings. The van der Waals surface area contributed by atoms with Gasteiger partial charge in [-0.25, -0.2) is 0 Å². The lowest BCUT2D eigenvalue weighted by Gasteiger charge is -2.31. The van der Waals surface area contributed by atoms with E-state index in [0.717, 1.165) is 12.8 Å². The highest BCUT2D eigenvalue weighted by atomic mass is 16.3. The monoisotopic (exact) mass is 275 g/mol. The fourth-order valence-corrected chi connectivity index (χ4v) is 3.30. The third-order valence-electron chi connectivity index (χ3n) is 4.33. The van der Waals surface area contributed by atoms with Crippen molar-refractivity contribution < 1.29 is 5.11 Å². The van der Waals surface area contributed by atoms with Gasteiger partial charge in [-0.1, -0.05) is 57.5 Å². The van der Waals surface area contributed by atoms with Crippen LogP contribution in [-0.2, 0) is 0 Å². The summed E-state index contributed by atoms with van der Waals surface area (Å²) in [5.41, 5.74) is 1.66. The Morgan fingerprint density at radius 2 is 1.90 bits per heavy atom. The Balaban J connectivity index is 2.10. The fourth-order valence-electron chi connectivity index (χ4n) is 3.30. The van der Waals surface area contributed by atoms with Crippen LogP contribution in [0.2, 0.25) is 0 Å². The zero-order chi connectivity index (χ0) is 14.6. The summed E-state index contributed by atoms with van der Waals surface area (Å²) in [6.45, 7) is 7.20. The smallest absolute Gasteiger partial charge is 0.0474 e. The van der Waals surface area contributed by atoms with Crippen LogP contribution in [0.25, 0.3) is 0 Å². The Hall–Kier alpha value is -0.860. The molecule has 0 aliphatic heterocycles. The van der Waals surface area contributed by atoms with Gasteiger partial charge in [0.2, 0.25) is 0 Å². The lowest BCUT2D eigenvalue weighted by molar-refractivity contribution is 0.191. The molecule has 2 N–H and O–H groups in total.